The molecule has 1 saturated heterocycles. The average molecular weight is 378 g/mol. The van der Waals surface area contributed by atoms with Gasteiger partial charge in [0, 0.05) is 13.1 Å². The Labute approximate surface area is 160 Å². The van der Waals surface area contributed by atoms with Gasteiger partial charge in [0.25, 0.3) is 0 Å². The van der Waals surface area contributed by atoms with E-state index in [1.165, 1.54) is 25.0 Å². The number of hydrogen-bond acceptors (Lipinski definition) is 3. The largest absolute Gasteiger partial charge is 0.354 e. The van der Waals surface area contributed by atoms with E-state index in [1.807, 2.05) is 6.92 Å². The second kappa shape index (κ2) is 11.5. The monoisotopic (exact) mass is 378 g/mol. The molecule has 2 atom stereocenters. The highest BCUT2D eigenvalue weighted by Crippen LogP contribution is 2.13. The van der Waals surface area contributed by atoms with Crippen molar-refractivity contribution in [3.8, 4) is 0 Å². The van der Waals surface area contributed by atoms with Gasteiger partial charge in [-0.3, -0.25) is 4.79 Å². The number of rotatable bonds is 9. The summed E-state index contributed by atoms with van der Waals surface area (Å²) in [4.78, 5) is 24.5. The number of benzene rings is 1. The zero-order valence-electron chi connectivity index (χ0n) is 16.0. The molecule has 0 spiro atoms. The molecule has 1 aliphatic heterocycles. The van der Waals surface area contributed by atoms with E-state index < -0.39 is 12.1 Å². The van der Waals surface area contributed by atoms with Crippen LogP contribution in [0.25, 0.3) is 0 Å². The fourth-order valence-electron chi connectivity index (χ4n) is 3.24. The maximum Gasteiger partial charge on any atom is 0.315 e. The van der Waals surface area contributed by atoms with Gasteiger partial charge in [0.05, 0.1) is 0 Å². The lowest BCUT2D eigenvalue weighted by molar-refractivity contribution is -0.123. The summed E-state index contributed by atoms with van der Waals surface area (Å²) in [5.41, 5.74) is 0.795. The van der Waals surface area contributed by atoms with Crippen molar-refractivity contribution < 1.29 is 14.0 Å². The maximum absolute atomic E-state index is 12.9. The van der Waals surface area contributed by atoms with Gasteiger partial charge in [-0.1, -0.05) is 25.5 Å². The van der Waals surface area contributed by atoms with E-state index in [0.717, 1.165) is 31.5 Å². The van der Waals surface area contributed by atoms with Gasteiger partial charge in [-0.2, -0.15) is 0 Å². The molecule has 4 N–H and O–H groups in total. The SMILES string of the molecule is CCCC(NC(=O)NCc1ccc(F)cc1)C(=O)NCCC1CCCNC1. The molecule has 1 aromatic carbocycles. The summed E-state index contributed by atoms with van der Waals surface area (Å²) in [7, 11) is 0. The lowest BCUT2D eigenvalue weighted by atomic mass is 9.96. The van der Waals surface area contributed by atoms with Crippen molar-refractivity contribution in [1.29, 1.82) is 0 Å². The highest BCUT2D eigenvalue weighted by molar-refractivity contribution is 5.86. The van der Waals surface area contributed by atoms with Crippen molar-refractivity contribution in [2.75, 3.05) is 19.6 Å². The van der Waals surface area contributed by atoms with Crippen LogP contribution in [0.4, 0.5) is 9.18 Å². The third-order valence-electron chi connectivity index (χ3n) is 4.82. The van der Waals surface area contributed by atoms with E-state index in [2.05, 4.69) is 21.3 Å². The van der Waals surface area contributed by atoms with E-state index in [4.69, 9.17) is 0 Å². The van der Waals surface area contributed by atoms with Crippen molar-refractivity contribution in [3.63, 3.8) is 0 Å². The van der Waals surface area contributed by atoms with Crippen LogP contribution >= 0.6 is 0 Å². The van der Waals surface area contributed by atoms with Gasteiger partial charge in [-0.15, -0.1) is 0 Å². The number of halogens is 1. The zero-order chi connectivity index (χ0) is 19.5. The number of nitrogens with one attached hydrogen (secondary N) is 4. The second-order valence-electron chi connectivity index (χ2n) is 7.09. The molecule has 0 bridgehead atoms. The van der Waals surface area contributed by atoms with Crippen LogP contribution in [0.2, 0.25) is 0 Å². The molecule has 1 aromatic rings. The van der Waals surface area contributed by atoms with E-state index in [9.17, 15) is 14.0 Å². The van der Waals surface area contributed by atoms with Crippen LogP contribution in [0.15, 0.2) is 24.3 Å². The van der Waals surface area contributed by atoms with Crippen LogP contribution < -0.4 is 21.3 Å². The molecule has 150 valence electrons. The number of carbonyl (C=O) groups excluding carboxylic acids is 2. The Morgan fingerprint density at radius 1 is 1.26 bits per heavy atom. The number of carbonyl (C=O) groups is 2. The summed E-state index contributed by atoms with van der Waals surface area (Å²) in [5, 5.41) is 11.8. The first-order valence-electron chi connectivity index (χ1n) is 9.85. The minimum atomic E-state index is -0.548. The highest BCUT2D eigenvalue weighted by atomic mass is 19.1. The van der Waals surface area contributed by atoms with Crippen molar-refractivity contribution >= 4 is 11.9 Å². The van der Waals surface area contributed by atoms with Crippen LogP contribution in [0.5, 0.6) is 0 Å². The Morgan fingerprint density at radius 3 is 2.70 bits per heavy atom. The molecule has 2 unspecified atom stereocenters. The third-order valence-corrected chi connectivity index (χ3v) is 4.82. The third kappa shape index (κ3) is 7.95. The van der Waals surface area contributed by atoms with Gasteiger partial charge >= 0.3 is 6.03 Å². The average Bonchev–Trinajstić information content (AvgIpc) is 2.68. The van der Waals surface area contributed by atoms with Crippen LogP contribution in [0.1, 0.15) is 44.6 Å². The molecule has 27 heavy (non-hydrogen) atoms. The summed E-state index contributed by atoms with van der Waals surface area (Å²) in [6.07, 6.45) is 4.72. The molecule has 3 amide bonds. The van der Waals surface area contributed by atoms with Gasteiger partial charge in [0.15, 0.2) is 0 Å². The summed E-state index contributed by atoms with van der Waals surface area (Å²) in [6.45, 7) is 4.98. The van der Waals surface area contributed by atoms with Crippen LogP contribution in [-0.2, 0) is 11.3 Å². The topological polar surface area (TPSA) is 82.3 Å². The fourth-order valence-corrected chi connectivity index (χ4v) is 3.24. The lowest BCUT2D eigenvalue weighted by Crippen LogP contribution is -2.50. The van der Waals surface area contributed by atoms with E-state index >= 15 is 0 Å². The smallest absolute Gasteiger partial charge is 0.315 e. The molecule has 1 heterocycles. The van der Waals surface area contributed by atoms with E-state index in [0.29, 0.717) is 18.9 Å². The molecule has 2 rings (SSSR count). The van der Waals surface area contributed by atoms with E-state index in [-0.39, 0.29) is 18.3 Å². The van der Waals surface area contributed by atoms with Crippen LogP contribution in [-0.4, -0.2) is 37.6 Å². The normalized spacial score (nSPS) is 17.8. The standard InChI is InChI=1S/C20H31FN4O2/c1-2-4-18(19(26)23-12-10-15-5-3-11-22-13-15)25-20(27)24-14-16-6-8-17(21)9-7-16/h6-9,15,18,22H,2-5,10-14H2,1H3,(H,23,26)(H2,24,25,27). The zero-order valence-corrected chi connectivity index (χ0v) is 16.0. The van der Waals surface area contributed by atoms with Crippen molar-refractivity contribution in [2.45, 2.75) is 51.6 Å². The minimum absolute atomic E-state index is 0.141. The summed E-state index contributed by atoms with van der Waals surface area (Å²) >= 11 is 0. The molecular weight excluding hydrogens is 347 g/mol. The number of piperidine rings is 1. The minimum Gasteiger partial charge on any atom is -0.354 e. The lowest BCUT2D eigenvalue weighted by Gasteiger charge is -2.23. The molecule has 0 saturated carbocycles. The van der Waals surface area contributed by atoms with Crippen molar-refractivity contribution in [1.82, 2.24) is 21.3 Å². The summed E-state index contributed by atoms with van der Waals surface area (Å²) < 4.78 is 12.9. The van der Waals surface area contributed by atoms with Gasteiger partial charge in [0.1, 0.15) is 11.9 Å². The van der Waals surface area contributed by atoms with Gasteiger partial charge in [0.2, 0.25) is 5.91 Å². The second-order valence-corrected chi connectivity index (χ2v) is 7.09. The Hall–Kier alpha value is -2.15. The van der Waals surface area contributed by atoms with Crippen molar-refractivity contribution in [3.05, 3.63) is 35.6 Å². The fraction of sp³-hybridized carbons (Fsp3) is 0.600. The first-order chi connectivity index (χ1) is 13.1. The molecule has 1 fully saturated rings. The van der Waals surface area contributed by atoms with Gasteiger partial charge < -0.3 is 21.3 Å². The first kappa shape index (κ1) is 21.2. The van der Waals surface area contributed by atoms with Gasteiger partial charge in [-0.05, 0) is 62.4 Å². The van der Waals surface area contributed by atoms with E-state index in [1.54, 1.807) is 12.1 Å². The quantitative estimate of drug-likeness (QED) is 0.532. The van der Waals surface area contributed by atoms with Crippen LogP contribution in [0, 0.1) is 11.7 Å². The molecule has 0 aromatic heterocycles. The summed E-state index contributed by atoms with van der Waals surface area (Å²) in [6, 6.07) is 4.99. The predicted molar refractivity (Wildman–Crippen MR) is 104 cm³/mol. The number of amides is 3. The maximum atomic E-state index is 12.9. The molecule has 0 radical (unpaired) electrons. The molecule has 7 heteroatoms. The first-order valence-corrected chi connectivity index (χ1v) is 9.85. The Balaban J connectivity index is 1.72. The van der Waals surface area contributed by atoms with Crippen LogP contribution in [0.3, 0.4) is 0 Å². The number of hydrogen-bond donors (Lipinski definition) is 4. The Morgan fingerprint density at radius 2 is 2.04 bits per heavy atom. The Kier molecular flexibility index (Phi) is 9.04. The predicted octanol–water partition coefficient (Wildman–Crippen LogP) is 2.30. The molecule has 0 aliphatic carbocycles. The van der Waals surface area contributed by atoms with Crippen molar-refractivity contribution in [2.24, 2.45) is 5.92 Å². The molecular formula is C20H31FN4O2. The van der Waals surface area contributed by atoms with Gasteiger partial charge in [-0.25, -0.2) is 9.18 Å². The summed E-state index contributed by atoms with van der Waals surface area (Å²) in [5.74, 6) is 0.153. The molecule has 6 nitrogen and oxygen atoms in total. The number of urea groups is 1. The highest BCUT2D eigenvalue weighted by Gasteiger charge is 2.20. The molecule has 1 aliphatic rings. The Bertz CT molecular complexity index is 588.